The summed E-state index contributed by atoms with van der Waals surface area (Å²) in [5.74, 6) is 0.325. The lowest BCUT2D eigenvalue weighted by Crippen LogP contribution is -1.93. The van der Waals surface area contributed by atoms with Crippen LogP contribution in [0.5, 0.6) is 17.4 Å². The van der Waals surface area contributed by atoms with E-state index in [1.165, 1.54) is 12.1 Å². The number of rotatable bonds is 3. The molecule has 1 N–H and O–H groups in total. The SMILES string of the molecule is O=[N+]([O-])c1cnc(Oc2ccccc2O)c(Br)c1. The molecule has 0 radical (unpaired) electrons. The first-order chi connectivity index (χ1) is 8.58. The van der Waals surface area contributed by atoms with Crippen LogP contribution in [-0.4, -0.2) is 15.0 Å². The molecule has 0 atom stereocenters. The molecule has 0 aliphatic carbocycles. The van der Waals surface area contributed by atoms with Gasteiger partial charge in [-0.25, -0.2) is 4.98 Å². The van der Waals surface area contributed by atoms with Crippen LogP contribution in [0.1, 0.15) is 0 Å². The monoisotopic (exact) mass is 310 g/mol. The van der Waals surface area contributed by atoms with E-state index in [9.17, 15) is 15.2 Å². The third-order valence-corrected chi connectivity index (χ3v) is 2.64. The van der Waals surface area contributed by atoms with E-state index < -0.39 is 4.92 Å². The molecule has 0 amide bonds. The van der Waals surface area contributed by atoms with Crippen molar-refractivity contribution in [1.82, 2.24) is 4.98 Å². The summed E-state index contributed by atoms with van der Waals surface area (Å²) in [7, 11) is 0. The minimum Gasteiger partial charge on any atom is -0.504 e. The Bertz CT molecular complexity index is 603. The topological polar surface area (TPSA) is 85.5 Å². The molecule has 1 aromatic heterocycles. The fourth-order valence-corrected chi connectivity index (χ4v) is 1.66. The van der Waals surface area contributed by atoms with Crippen LogP contribution < -0.4 is 4.74 Å². The molecule has 1 aromatic carbocycles. The van der Waals surface area contributed by atoms with E-state index in [0.717, 1.165) is 6.20 Å². The van der Waals surface area contributed by atoms with Gasteiger partial charge >= 0.3 is 0 Å². The van der Waals surface area contributed by atoms with E-state index in [1.807, 2.05) is 0 Å². The van der Waals surface area contributed by atoms with Crippen LogP contribution in [0.3, 0.4) is 0 Å². The summed E-state index contributed by atoms with van der Waals surface area (Å²) in [6.07, 6.45) is 1.08. The van der Waals surface area contributed by atoms with Crippen LogP contribution in [-0.2, 0) is 0 Å². The fraction of sp³-hybridized carbons (Fsp3) is 0. The van der Waals surface area contributed by atoms with Crippen LogP contribution >= 0.6 is 15.9 Å². The number of benzene rings is 1. The minimum atomic E-state index is -0.554. The number of hydrogen-bond acceptors (Lipinski definition) is 5. The normalized spacial score (nSPS) is 10.1. The third kappa shape index (κ3) is 2.57. The number of aromatic nitrogens is 1. The van der Waals surface area contributed by atoms with Gasteiger partial charge in [-0.1, -0.05) is 12.1 Å². The van der Waals surface area contributed by atoms with E-state index in [4.69, 9.17) is 4.74 Å². The van der Waals surface area contributed by atoms with Gasteiger partial charge in [0, 0.05) is 6.07 Å². The maximum absolute atomic E-state index is 10.5. The van der Waals surface area contributed by atoms with Crippen molar-refractivity contribution in [2.24, 2.45) is 0 Å². The molecule has 0 saturated heterocycles. The summed E-state index contributed by atoms with van der Waals surface area (Å²) in [5.41, 5.74) is -0.147. The molecule has 0 spiro atoms. The van der Waals surface area contributed by atoms with Crippen molar-refractivity contribution in [1.29, 1.82) is 0 Å². The largest absolute Gasteiger partial charge is 0.504 e. The molecule has 0 saturated carbocycles. The van der Waals surface area contributed by atoms with Gasteiger partial charge in [0.05, 0.1) is 9.40 Å². The number of ether oxygens (including phenoxy) is 1. The summed E-state index contributed by atoms with van der Waals surface area (Å²) >= 11 is 3.12. The van der Waals surface area contributed by atoms with Crippen LogP contribution in [0.15, 0.2) is 41.0 Å². The second kappa shape index (κ2) is 5.01. The van der Waals surface area contributed by atoms with E-state index in [-0.39, 0.29) is 23.1 Å². The van der Waals surface area contributed by atoms with E-state index in [2.05, 4.69) is 20.9 Å². The first-order valence-corrected chi connectivity index (χ1v) is 5.63. The van der Waals surface area contributed by atoms with Crippen molar-refractivity contribution in [2.75, 3.05) is 0 Å². The van der Waals surface area contributed by atoms with E-state index in [0.29, 0.717) is 4.47 Å². The molecular formula is C11H7BrN2O4. The summed E-state index contributed by atoms with van der Waals surface area (Å²) in [6, 6.07) is 7.65. The van der Waals surface area contributed by atoms with Crippen molar-refractivity contribution in [3.05, 3.63) is 51.1 Å². The number of phenols is 1. The molecular weight excluding hydrogens is 304 g/mol. The van der Waals surface area contributed by atoms with Gasteiger partial charge in [-0.3, -0.25) is 10.1 Å². The third-order valence-electron chi connectivity index (χ3n) is 2.08. The van der Waals surface area contributed by atoms with Gasteiger partial charge in [0.25, 0.3) is 5.69 Å². The predicted molar refractivity (Wildman–Crippen MR) is 66.8 cm³/mol. The molecule has 1 heterocycles. The van der Waals surface area contributed by atoms with Crippen LogP contribution in [0.25, 0.3) is 0 Å². The van der Waals surface area contributed by atoms with Crippen LogP contribution in [0.2, 0.25) is 0 Å². The summed E-state index contributed by atoms with van der Waals surface area (Å²) in [5, 5.41) is 20.1. The molecule has 6 nitrogen and oxygen atoms in total. The number of phenolic OH excluding ortho intramolecular Hbond substituents is 1. The molecule has 0 fully saturated rings. The van der Waals surface area contributed by atoms with Gasteiger partial charge < -0.3 is 9.84 Å². The number of nitro groups is 1. The molecule has 0 aliphatic rings. The number of aromatic hydroxyl groups is 1. The highest BCUT2D eigenvalue weighted by atomic mass is 79.9. The number of para-hydroxylation sites is 2. The zero-order chi connectivity index (χ0) is 13.1. The van der Waals surface area contributed by atoms with E-state index in [1.54, 1.807) is 18.2 Å². The Morgan fingerprint density at radius 1 is 1.39 bits per heavy atom. The molecule has 7 heteroatoms. The zero-order valence-electron chi connectivity index (χ0n) is 8.91. The first-order valence-electron chi connectivity index (χ1n) is 4.83. The number of pyridine rings is 1. The van der Waals surface area contributed by atoms with E-state index >= 15 is 0 Å². The van der Waals surface area contributed by atoms with Gasteiger partial charge in [-0.05, 0) is 28.1 Å². The second-order valence-electron chi connectivity index (χ2n) is 3.31. The van der Waals surface area contributed by atoms with Crippen LogP contribution in [0.4, 0.5) is 5.69 Å². The van der Waals surface area contributed by atoms with Gasteiger partial charge in [0.15, 0.2) is 11.5 Å². The summed E-state index contributed by atoms with van der Waals surface area (Å²) in [4.78, 5) is 13.8. The van der Waals surface area contributed by atoms with Crippen molar-refractivity contribution in [3.63, 3.8) is 0 Å². The zero-order valence-corrected chi connectivity index (χ0v) is 10.5. The van der Waals surface area contributed by atoms with Crippen LogP contribution in [0, 0.1) is 10.1 Å². The molecule has 2 rings (SSSR count). The maximum atomic E-state index is 10.5. The molecule has 0 unspecified atom stereocenters. The van der Waals surface area contributed by atoms with Gasteiger partial charge in [-0.15, -0.1) is 0 Å². The van der Waals surface area contributed by atoms with Crippen molar-refractivity contribution >= 4 is 21.6 Å². The highest BCUT2D eigenvalue weighted by Crippen LogP contribution is 2.34. The molecule has 2 aromatic rings. The van der Waals surface area contributed by atoms with Crippen molar-refractivity contribution < 1.29 is 14.8 Å². The number of hydrogen-bond donors (Lipinski definition) is 1. The fourth-order valence-electron chi connectivity index (χ4n) is 1.24. The maximum Gasteiger partial charge on any atom is 0.288 e. The average molecular weight is 311 g/mol. The Hall–Kier alpha value is -2.15. The van der Waals surface area contributed by atoms with Gasteiger partial charge in [-0.2, -0.15) is 0 Å². The predicted octanol–water partition coefficient (Wildman–Crippen LogP) is 3.25. The van der Waals surface area contributed by atoms with Gasteiger partial charge in [0.2, 0.25) is 5.88 Å². The Morgan fingerprint density at radius 2 is 2.11 bits per heavy atom. The summed E-state index contributed by atoms with van der Waals surface area (Å²) in [6.45, 7) is 0. The lowest BCUT2D eigenvalue weighted by atomic mass is 10.3. The quantitative estimate of drug-likeness (QED) is 0.694. The molecule has 92 valence electrons. The second-order valence-corrected chi connectivity index (χ2v) is 4.16. The Balaban J connectivity index is 2.30. The molecule has 0 aliphatic heterocycles. The Kier molecular flexibility index (Phi) is 3.42. The Morgan fingerprint density at radius 3 is 2.72 bits per heavy atom. The minimum absolute atomic E-state index is 0.0375. The average Bonchev–Trinajstić information content (AvgIpc) is 2.34. The summed E-state index contributed by atoms with van der Waals surface area (Å²) < 4.78 is 5.68. The number of nitrogens with zero attached hydrogens (tertiary/aromatic N) is 2. The van der Waals surface area contributed by atoms with Gasteiger partial charge in [0.1, 0.15) is 6.20 Å². The Labute approximate surface area is 110 Å². The standard InChI is InChI=1S/C11H7BrN2O4/c12-8-5-7(14(16)17)6-13-11(8)18-10-4-2-1-3-9(10)15/h1-6,15H. The highest BCUT2D eigenvalue weighted by Gasteiger charge is 2.13. The molecule has 0 bridgehead atoms. The highest BCUT2D eigenvalue weighted by molar-refractivity contribution is 9.10. The first kappa shape index (κ1) is 12.3. The van der Waals surface area contributed by atoms with Crippen molar-refractivity contribution in [2.45, 2.75) is 0 Å². The van der Waals surface area contributed by atoms with Crippen molar-refractivity contribution in [3.8, 4) is 17.4 Å². The smallest absolute Gasteiger partial charge is 0.288 e. The molecule has 18 heavy (non-hydrogen) atoms. The lowest BCUT2D eigenvalue weighted by Gasteiger charge is -2.07. The lowest BCUT2D eigenvalue weighted by molar-refractivity contribution is -0.385. The number of halogens is 1.